The highest BCUT2D eigenvalue weighted by atomic mass is 16.5. The highest BCUT2D eigenvalue weighted by molar-refractivity contribution is 5.63. The SMILES string of the molecule is COc1cc(N)c(OCC[C@H](C)O)c(OC)c1. The molecule has 0 saturated heterocycles. The van der Waals surface area contributed by atoms with Gasteiger partial charge in [0.2, 0.25) is 0 Å². The van der Waals surface area contributed by atoms with Crippen LogP contribution in [-0.2, 0) is 0 Å². The Morgan fingerprint density at radius 2 is 2.00 bits per heavy atom. The number of hydrogen-bond acceptors (Lipinski definition) is 5. The van der Waals surface area contributed by atoms with Crippen molar-refractivity contribution in [3.63, 3.8) is 0 Å². The number of hydrogen-bond donors (Lipinski definition) is 2. The molecule has 17 heavy (non-hydrogen) atoms. The first kappa shape index (κ1) is 13.4. The van der Waals surface area contributed by atoms with Gasteiger partial charge in [0.1, 0.15) is 5.75 Å². The molecule has 0 spiro atoms. The molecule has 0 heterocycles. The second-order valence-corrected chi connectivity index (χ2v) is 3.73. The van der Waals surface area contributed by atoms with Crippen molar-refractivity contribution in [2.45, 2.75) is 19.4 Å². The maximum atomic E-state index is 9.15. The zero-order valence-electron chi connectivity index (χ0n) is 10.4. The average Bonchev–Trinajstić information content (AvgIpc) is 2.30. The highest BCUT2D eigenvalue weighted by Crippen LogP contribution is 2.37. The number of methoxy groups -OCH3 is 2. The van der Waals surface area contributed by atoms with Crippen LogP contribution in [0, 0.1) is 0 Å². The normalized spacial score (nSPS) is 12.0. The van der Waals surface area contributed by atoms with Crippen LogP contribution in [0.4, 0.5) is 5.69 Å². The molecule has 0 radical (unpaired) electrons. The molecule has 3 N–H and O–H groups in total. The van der Waals surface area contributed by atoms with Crippen LogP contribution >= 0.6 is 0 Å². The Morgan fingerprint density at radius 1 is 1.29 bits per heavy atom. The van der Waals surface area contributed by atoms with Crippen LogP contribution in [-0.4, -0.2) is 32.0 Å². The number of ether oxygens (including phenoxy) is 3. The van der Waals surface area contributed by atoms with Gasteiger partial charge in [-0.2, -0.15) is 0 Å². The Morgan fingerprint density at radius 3 is 2.53 bits per heavy atom. The van der Waals surface area contributed by atoms with Crippen molar-refractivity contribution in [3.05, 3.63) is 12.1 Å². The number of aliphatic hydroxyl groups is 1. The van der Waals surface area contributed by atoms with Gasteiger partial charge in [0.25, 0.3) is 0 Å². The predicted molar refractivity (Wildman–Crippen MR) is 65.8 cm³/mol. The lowest BCUT2D eigenvalue weighted by molar-refractivity contribution is 0.154. The van der Waals surface area contributed by atoms with Crippen molar-refractivity contribution in [1.29, 1.82) is 0 Å². The maximum absolute atomic E-state index is 9.15. The Balaban J connectivity index is 2.82. The van der Waals surface area contributed by atoms with Crippen molar-refractivity contribution in [2.24, 2.45) is 0 Å². The van der Waals surface area contributed by atoms with Crippen LogP contribution in [0.2, 0.25) is 0 Å². The number of aliphatic hydroxyl groups excluding tert-OH is 1. The van der Waals surface area contributed by atoms with Gasteiger partial charge in [0.15, 0.2) is 11.5 Å². The van der Waals surface area contributed by atoms with Crippen LogP contribution in [0.15, 0.2) is 12.1 Å². The monoisotopic (exact) mass is 241 g/mol. The zero-order valence-corrected chi connectivity index (χ0v) is 10.4. The molecule has 0 bridgehead atoms. The topological polar surface area (TPSA) is 73.9 Å². The molecular weight excluding hydrogens is 222 g/mol. The molecule has 0 fully saturated rings. The Bertz CT molecular complexity index is 366. The first-order valence-corrected chi connectivity index (χ1v) is 5.40. The summed E-state index contributed by atoms with van der Waals surface area (Å²) in [5.74, 6) is 1.61. The molecule has 0 aromatic heterocycles. The fourth-order valence-electron chi connectivity index (χ4n) is 1.35. The maximum Gasteiger partial charge on any atom is 0.184 e. The van der Waals surface area contributed by atoms with Crippen molar-refractivity contribution < 1.29 is 19.3 Å². The van der Waals surface area contributed by atoms with Crippen LogP contribution in [0.3, 0.4) is 0 Å². The van der Waals surface area contributed by atoms with E-state index < -0.39 is 6.10 Å². The molecule has 1 aromatic carbocycles. The lowest BCUT2D eigenvalue weighted by Gasteiger charge is -2.14. The largest absolute Gasteiger partial charge is 0.497 e. The van der Waals surface area contributed by atoms with E-state index >= 15 is 0 Å². The third-order valence-electron chi connectivity index (χ3n) is 2.29. The fourth-order valence-corrected chi connectivity index (χ4v) is 1.35. The minimum Gasteiger partial charge on any atom is -0.497 e. The van der Waals surface area contributed by atoms with E-state index in [9.17, 15) is 0 Å². The van der Waals surface area contributed by atoms with Crippen molar-refractivity contribution in [2.75, 3.05) is 26.6 Å². The smallest absolute Gasteiger partial charge is 0.184 e. The number of anilines is 1. The van der Waals surface area contributed by atoms with Gasteiger partial charge < -0.3 is 25.1 Å². The van der Waals surface area contributed by atoms with Crippen molar-refractivity contribution in [1.82, 2.24) is 0 Å². The molecule has 1 rings (SSSR count). The molecule has 0 amide bonds. The number of nitrogens with two attached hydrogens (primary N) is 1. The van der Waals surface area contributed by atoms with E-state index in [0.29, 0.717) is 36.0 Å². The summed E-state index contributed by atoms with van der Waals surface area (Å²) in [4.78, 5) is 0. The minimum atomic E-state index is -0.402. The quantitative estimate of drug-likeness (QED) is 0.737. The Hall–Kier alpha value is -1.62. The molecular formula is C12H19NO4. The van der Waals surface area contributed by atoms with Gasteiger partial charge in [-0.1, -0.05) is 0 Å². The van der Waals surface area contributed by atoms with Crippen LogP contribution in [0.1, 0.15) is 13.3 Å². The molecule has 0 aliphatic carbocycles. The first-order valence-electron chi connectivity index (χ1n) is 5.40. The van der Waals surface area contributed by atoms with E-state index in [1.165, 1.54) is 7.11 Å². The minimum absolute atomic E-state index is 0.380. The zero-order chi connectivity index (χ0) is 12.8. The average molecular weight is 241 g/mol. The third kappa shape index (κ3) is 3.71. The Kier molecular flexibility index (Phi) is 4.90. The summed E-state index contributed by atoms with van der Waals surface area (Å²) in [6.07, 6.45) is 0.134. The lowest BCUT2D eigenvalue weighted by Crippen LogP contribution is -2.09. The van der Waals surface area contributed by atoms with Crippen molar-refractivity contribution >= 4 is 5.69 Å². The van der Waals surface area contributed by atoms with Gasteiger partial charge in [-0.3, -0.25) is 0 Å². The summed E-state index contributed by atoms with van der Waals surface area (Å²) >= 11 is 0. The van der Waals surface area contributed by atoms with E-state index in [0.717, 1.165) is 0 Å². The second-order valence-electron chi connectivity index (χ2n) is 3.73. The highest BCUT2D eigenvalue weighted by Gasteiger charge is 2.11. The van der Waals surface area contributed by atoms with Gasteiger partial charge in [-0.25, -0.2) is 0 Å². The number of rotatable bonds is 6. The molecule has 0 aliphatic rings. The summed E-state index contributed by atoms with van der Waals surface area (Å²) in [5, 5.41) is 9.15. The van der Waals surface area contributed by atoms with Gasteiger partial charge in [0.05, 0.1) is 32.6 Å². The predicted octanol–water partition coefficient (Wildman–Crippen LogP) is 1.44. The number of benzene rings is 1. The van der Waals surface area contributed by atoms with Gasteiger partial charge in [0, 0.05) is 18.6 Å². The number of nitrogen functional groups attached to an aromatic ring is 1. The Labute approximate surface area is 101 Å². The van der Waals surface area contributed by atoms with E-state index in [1.54, 1.807) is 26.2 Å². The summed E-state index contributed by atoms with van der Waals surface area (Å²) in [5.41, 5.74) is 6.29. The molecule has 0 unspecified atom stereocenters. The summed E-state index contributed by atoms with van der Waals surface area (Å²) < 4.78 is 15.8. The van der Waals surface area contributed by atoms with E-state index in [2.05, 4.69) is 0 Å². The first-order chi connectivity index (χ1) is 8.08. The molecule has 1 aromatic rings. The van der Waals surface area contributed by atoms with Crippen molar-refractivity contribution in [3.8, 4) is 17.2 Å². The third-order valence-corrected chi connectivity index (χ3v) is 2.29. The molecule has 0 aliphatic heterocycles. The van der Waals surface area contributed by atoms with Gasteiger partial charge >= 0.3 is 0 Å². The standard InChI is InChI=1S/C12H19NO4/c1-8(14)4-5-17-12-10(13)6-9(15-2)7-11(12)16-3/h6-8,14H,4-5,13H2,1-3H3/t8-/m0/s1. The summed E-state index contributed by atoms with van der Waals surface area (Å²) in [6.45, 7) is 2.09. The van der Waals surface area contributed by atoms with E-state index in [4.69, 9.17) is 25.1 Å². The second kappa shape index (κ2) is 6.20. The molecule has 5 nitrogen and oxygen atoms in total. The van der Waals surface area contributed by atoms with Gasteiger partial charge in [-0.15, -0.1) is 0 Å². The summed E-state index contributed by atoms with van der Waals surface area (Å²) in [6, 6.07) is 3.37. The van der Waals surface area contributed by atoms with E-state index in [-0.39, 0.29) is 0 Å². The molecule has 0 saturated carbocycles. The van der Waals surface area contributed by atoms with Crippen LogP contribution < -0.4 is 19.9 Å². The molecule has 1 atom stereocenters. The van der Waals surface area contributed by atoms with E-state index in [1.807, 2.05) is 0 Å². The fraction of sp³-hybridized carbons (Fsp3) is 0.500. The molecule has 5 heteroatoms. The van der Waals surface area contributed by atoms with Crippen LogP contribution in [0.25, 0.3) is 0 Å². The van der Waals surface area contributed by atoms with Crippen LogP contribution in [0.5, 0.6) is 17.2 Å². The van der Waals surface area contributed by atoms with Gasteiger partial charge in [-0.05, 0) is 6.92 Å². The lowest BCUT2D eigenvalue weighted by atomic mass is 10.2. The molecule has 96 valence electrons. The summed E-state index contributed by atoms with van der Waals surface area (Å²) in [7, 11) is 3.10.